The van der Waals surface area contributed by atoms with E-state index in [2.05, 4.69) is 22.4 Å². The number of ether oxygens (including phenoxy) is 1. The predicted octanol–water partition coefficient (Wildman–Crippen LogP) is 5.75. The molecule has 3 aromatic rings. The summed E-state index contributed by atoms with van der Waals surface area (Å²) in [4.78, 5) is 32.0. The average Bonchev–Trinajstić information content (AvgIpc) is 2.84. The van der Waals surface area contributed by atoms with Crippen molar-refractivity contribution in [2.75, 3.05) is 18.4 Å². The van der Waals surface area contributed by atoms with Crippen LogP contribution in [0.4, 0.5) is 16.2 Å². The zero-order chi connectivity index (χ0) is 26.7. The van der Waals surface area contributed by atoms with Gasteiger partial charge >= 0.3 is 6.09 Å². The van der Waals surface area contributed by atoms with Crippen molar-refractivity contribution in [2.24, 2.45) is 5.73 Å². The van der Waals surface area contributed by atoms with E-state index in [0.717, 1.165) is 34.2 Å². The van der Waals surface area contributed by atoms with Crippen molar-refractivity contribution in [3.05, 3.63) is 59.3 Å². The first-order chi connectivity index (χ1) is 17.5. The number of aromatic nitrogens is 1. The van der Waals surface area contributed by atoms with E-state index in [1.54, 1.807) is 34.9 Å². The number of fused-ring (bicyclic) bond motifs is 1. The van der Waals surface area contributed by atoms with Gasteiger partial charge in [0, 0.05) is 40.5 Å². The molecule has 1 aliphatic rings. The predicted molar refractivity (Wildman–Crippen MR) is 146 cm³/mol. The third kappa shape index (κ3) is 6.33. The maximum absolute atomic E-state index is 12.4. The molecule has 2 amide bonds. The number of nitrogens with two attached hydrogens (primary N) is 1. The normalized spacial score (nSPS) is 14.3. The number of nitrogens with one attached hydrogen (secondary N) is 1. The topological polar surface area (TPSA) is 121 Å². The molecule has 9 heteroatoms. The first-order valence-corrected chi connectivity index (χ1v) is 13.1. The molecule has 8 nitrogen and oxygen atoms in total. The Kier molecular flexibility index (Phi) is 7.60. The molecular weight excluding hydrogens is 486 g/mol. The van der Waals surface area contributed by atoms with Gasteiger partial charge in [-0.2, -0.15) is 5.26 Å². The molecule has 4 rings (SSSR count). The van der Waals surface area contributed by atoms with Crippen LogP contribution in [0.1, 0.15) is 55.1 Å². The van der Waals surface area contributed by atoms with Crippen molar-refractivity contribution in [2.45, 2.75) is 56.3 Å². The Labute approximate surface area is 221 Å². The lowest BCUT2D eigenvalue weighted by molar-refractivity contribution is 0.0219. The zero-order valence-electron chi connectivity index (χ0n) is 21.5. The summed E-state index contributed by atoms with van der Waals surface area (Å²) in [5.74, 6) is -0.585. The summed E-state index contributed by atoms with van der Waals surface area (Å²) in [6.45, 7) is 8.91. The second kappa shape index (κ2) is 10.7. The van der Waals surface area contributed by atoms with Gasteiger partial charge in [0.25, 0.3) is 5.91 Å². The van der Waals surface area contributed by atoms with E-state index in [0.29, 0.717) is 35.3 Å². The summed E-state index contributed by atoms with van der Waals surface area (Å²) >= 11 is 1.76. The number of aryl methyl sites for hydroxylation is 1. The molecule has 2 heterocycles. The average molecular weight is 518 g/mol. The fourth-order valence-corrected chi connectivity index (χ4v) is 5.58. The van der Waals surface area contributed by atoms with Crippen molar-refractivity contribution in [3.8, 4) is 6.07 Å². The molecular formula is C28H31N5O3S. The van der Waals surface area contributed by atoms with Crippen LogP contribution in [0.25, 0.3) is 10.9 Å². The number of hydrogen-bond acceptors (Lipinski definition) is 7. The Balaban J connectivity index is 1.60. The molecule has 0 radical (unpaired) electrons. The van der Waals surface area contributed by atoms with Crippen LogP contribution in [0, 0.1) is 18.3 Å². The van der Waals surface area contributed by atoms with Crippen LogP contribution in [-0.4, -0.2) is 45.8 Å². The number of nitrogens with zero attached hydrogens (tertiary/aromatic N) is 3. The van der Waals surface area contributed by atoms with Gasteiger partial charge in [-0.25, -0.2) is 4.79 Å². The number of amides is 2. The summed E-state index contributed by atoms with van der Waals surface area (Å²) in [5.41, 5.74) is 8.98. The standard InChI is InChI=1S/C28H31N5O3S/c1-17-12-21(37-20-8-10-33(11-9-20)27(35)36-28(2,3)4)14-22-24(17)31-16-23(26(30)34)25(22)32-19-7-5-6-18(13-19)15-29/h5-7,12-14,16,20H,8-11H2,1-4H3,(H2,30,34)(H,31,32). The van der Waals surface area contributed by atoms with Crippen LogP contribution in [0.15, 0.2) is 47.5 Å². The number of rotatable bonds is 5. The van der Waals surface area contributed by atoms with E-state index in [9.17, 15) is 14.9 Å². The number of nitriles is 1. The van der Waals surface area contributed by atoms with Crippen molar-refractivity contribution in [1.82, 2.24) is 9.88 Å². The summed E-state index contributed by atoms with van der Waals surface area (Å²) in [6, 6.07) is 13.3. The lowest BCUT2D eigenvalue weighted by Crippen LogP contribution is -2.42. The van der Waals surface area contributed by atoms with Crippen LogP contribution in [0.5, 0.6) is 0 Å². The molecule has 0 bridgehead atoms. The summed E-state index contributed by atoms with van der Waals surface area (Å²) in [7, 11) is 0. The Bertz CT molecular complexity index is 1390. The highest BCUT2D eigenvalue weighted by Crippen LogP contribution is 2.37. The molecule has 0 aliphatic carbocycles. The number of thioether (sulfide) groups is 1. The van der Waals surface area contributed by atoms with Gasteiger partial charge in [-0.3, -0.25) is 9.78 Å². The lowest BCUT2D eigenvalue weighted by Gasteiger charge is -2.33. The highest BCUT2D eigenvalue weighted by molar-refractivity contribution is 8.00. The molecule has 0 atom stereocenters. The maximum atomic E-state index is 12.4. The molecule has 37 heavy (non-hydrogen) atoms. The minimum Gasteiger partial charge on any atom is -0.444 e. The molecule has 1 fully saturated rings. The van der Waals surface area contributed by atoms with Gasteiger partial charge in [-0.05, 0) is 76.4 Å². The third-order valence-electron chi connectivity index (χ3n) is 6.06. The van der Waals surface area contributed by atoms with E-state index >= 15 is 0 Å². The third-order valence-corrected chi connectivity index (χ3v) is 7.37. The zero-order valence-corrected chi connectivity index (χ0v) is 22.3. The van der Waals surface area contributed by atoms with E-state index in [4.69, 9.17) is 10.5 Å². The summed E-state index contributed by atoms with van der Waals surface area (Å²) in [5, 5.41) is 13.7. The van der Waals surface area contributed by atoms with Gasteiger partial charge in [0.05, 0.1) is 28.4 Å². The fourth-order valence-electron chi connectivity index (χ4n) is 4.32. The van der Waals surface area contributed by atoms with Crippen LogP contribution in [0.3, 0.4) is 0 Å². The van der Waals surface area contributed by atoms with Crippen molar-refractivity contribution in [3.63, 3.8) is 0 Å². The number of anilines is 2. The Hall–Kier alpha value is -3.77. The fraction of sp³-hybridized carbons (Fsp3) is 0.357. The number of hydrogen-bond donors (Lipinski definition) is 2. The summed E-state index contributed by atoms with van der Waals surface area (Å²) < 4.78 is 5.51. The van der Waals surface area contributed by atoms with Gasteiger partial charge < -0.3 is 20.7 Å². The van der Waals surface area contributed by atoms with E-state index in [1.165, 1.54) is 6.20 Å². The van der Waals surface area contributed by atoms with Gasteiger partial charge in [0.2, 0.25) is 0 Å². The molecule has 1 aromatic heterocycles. The first-order valence-electron chi connectivity index (χ1n) is 12.2. The Morgan fingerprint density at radius 3 is 2.59 bits per heavy atom. The maximum Gasteiger partial charge on any atom is 0.410 e. The van der Waals surface area contributed by atoms with Crippen LogP contribution in [-0.2, 0) is 4.74 Å². The van der Waals surface area contributed by atoms with Gasteiger partial charge in [0.1, 0.15) is 5.60 Å². The lowest BCUT2D eigenvalue weighted by atomic mass is 10.0. The van der Waals surface area contributed by atoms with Gasteiger partial charge in [-0.1, -0.05) is 6.07 Å². The number of likely N-dealkylation sites (tertiary alicyclic amines) is 1. The van der Waals surface area contributed by atoms with E-state index in [-0.39, 0.29) is 11.7 Å². The quantitative estimate of drug-likeness (QED) is 0.442. The van der Waals surface area contributed by atoms with E-state index in [1.807, 2.05) is 39.8 Å². The van der Waals surface area contributed by atoms with Gasteiger partial charge in [0.15, 0.2) is 0 Å². The van der Waals surface area contributed by atoms with E-state index < -0.39 is 11.5 Å². The smallest absolute Gasteiger partial charge is 0.410 e. The van der Waals surface area contributed by atoms with Crippen molar-refractivity contribution >= 4 is 46.0 Å². The SMILES string of the molecule is Cc1cc(SC2CCN(C(=O)OC(C)(C)C)CC2)cc2c(Nc3cccc(C#N)c3)c(C(N)=O)cnc12. The number of carbonyl (C=O) groups excluding carboxylic acids is 2. The molecule has 192 valence electrons. The van der Waals surface area contributed by atoms with Crippen LogP contribution >= 0.6 is 11.8 Å². The number of primary amides is 1. The summed E-state index contributed by atoms with van der Waals surface area (Å²) in [6.07, 6.45) is 2.94. The number of pyridine rings is 1. The first kappa shape index (κ1) is 26.3. The number of carbonyl (C=O) groups is 2. The molecule has 0 unspecified atom stereocenters. The molecule has 1 saturated heterocycles. The second-order valence-electron chi connectivity index (χ2n) is 10.1. The van der Waals surface area contributed by atoms with Crippen molar-refractivity contribution < 1.29 is 14.3 Å². The number of piperidine rings is 1. The highest BCUT2D eigenvalue weighted by Gasteiger charge is 2.27. The Morgan fingerprint density at radius 1 is 1.22 bits per heavy atom. The molecule has 1 aliphatic heterocycles. The Morgan fingerprint density at radius 2 is 1.95 bits per heavy atom. The monoisotopic (exact) mass is 517 g/mol. The van der Waals surface area contributed by atoms with Crippen LogP contribution in [0.2, 0.25) is 0 Å². The molecule has 2 aromatic carbocycles. The molecule has 0 spiro atoms. The largest absolute Gasteiger partial charge is 0.444 e. The molecule has 3 N–H and O–H groups in total. The minimum atomic E-state index is -0.585. The highest BCUT2D eigenvalue weighted by atomic mass is 32.2. The van der Waals surface area contributed by atoms with Crippen LogP contribution < -0.4 is 11.1 Å². The number of benzene rings is 2. The van der Waals surface area contributed by atoms with Crippen molar-refractivity contribution in [1.29, 1.82) is 5.26 Å². The second-order valence-corrected chi connectivity index (χ2v) is 11.5. The minimum absolute atomic E-state index is 0.265. The van der Waals surface area contributed by atoms with Gasteiger partial charge in [-0.15, -0.1) is 11.8 Å². The molecule has 0 saturated carbocycles.